The van der Waals surface area contributed by atoms with Crippen LogP contribution in [0, 0.1) is 5.92 Å². The number of alkyl halides is 4. The molecule has 0 radical (unpaired) electrons. The van der Waals surface area contributed by atoms with Crippen LogP contribution in [0.15, 0.2) is 0 Å². The van der Waals surface area contributed by atoms with E-state index in [-0.39, 0.29) is 30.5 Å². The van der Waals surface area contributed by atoms with Crippen molar-refractivity contribution in [3.8, 4) is 0 Å². The van der Waals surface area contributed by atoms with Crippen molar-refractivity contribution in [2.75, 3.05) is 24.7 Å². The molecule has 0 aromatic heterocycles. The highest BCUT2D eigenvalue weighted by Crippen LogP contribution is 2.20. The zero-order valence-electron chi connectivity index (χ0n) is 9.80. The van der Waals surface area contributed by atoms with E-state index in [0.717, 1.165) is 0 Å². The van der Waals surface area contributed by atoms with Crippen LogP contribution in [0.3, 0.4) is 0 Å². The summed E-state index contributed by atoms with van der Waals surface area (Å²) in [6.45, 7) is 1.76. The van der Waals surface area contributed by atoms with E-state index >= 15 is 0 Å². The Hall–Kier alpha value is -0.0100. The van der Waals surface area contributed by atoms with E-state index < -0.39 is 22.7 Å². The molecule has 0 aromatic rings. The highest BCUT2D eigenvalue weighted by molar-refractivity contribution is 7.89. The number of hydrogen-bond donors (Lipinski definition) is 0. The van der Waals surface area contributed by atoms with Crippen molar-refractivity contribution in [3.05, 3.63) is 0 Å². The molecule has 3 nitrogen and oxygen atoms in total. The lowest BCUT2D eigenvalue weighted by molar-refractivity contribution is -0.136. The Morgan fingerprint density at radius 3 is 2.18 bits per heavy atom. The van der Waals surface area contributed by atoms with E-state index in [1.165, 1.54) is 0 Å². The molecule has 104 valence electrons. The maximum absolute atomic E-state index is 12.3. The molecule has 0 aromatic carbocycles. The minimum Gasteiger partial charge on any atom is -0.212 e. The van der Waals surface area contributed by atoms with Crippen LogP contribution in [-0.4, -0.2) is 43.6 Å². The van der Waals surface area contributed by atoms with E-state index in [9.17, 15) is 21.6 Å². The predicted molar refractivity (Wildman–Crippen MR) is 61.6 cm³/mol. The van der Waals surface area contributed by atoms with Gasteiger partial charge in [0.25, 0.3) is 0 Å². The molecule has 0 aliphatic heterocycles. The van der Waals surface area contributed by atoms with Crippen molar-refractivity contribution in [1.29, 1.82) is 0 Å². The quantitative estimate of drug-likeness (QED) is 0.677. The maximum Gasteiger partial charge on any atom is 0.402 e. The normalized spacial score (nSPS) is 13.6. The van der Waals surface area contributed by atoms with Crippen LogP contribution in [0.2, 0.25) is 0 Å². The molecular formula is C9H17ClF3NO2S. The first-order valence-electron chi connectivity index (χ1n) is 5.19. The Morgan fingerprint density at radius 2 is 1.82 bits per heavy atom. The summed E-state index contributed by atoms with van der Waals surface area (Å²) in [6.07, 6.45) is -4.38. The Labute approximate surface area is 105 Å². The van der Waals surface area contributed by atoms with Crippen LogP contribution in [-0.2, 0) is 10.0 Å². The molecule has 0 unspecified atom stereocenters. The van der Waals surface area contributed by atoms with Gasteiger partial charge < -0.3 is 0 Å². The number of halogens is 4. The third kappa shape index (κ3) is 7.83. The smallest absolute Gasteiger partial charge is 0.212 e. The van der Waals surface area contributed by atoms with Gasteiger partial charge in [-0.15, -0.1) is 11.6 Å². The Balaban J connectivity index is 4.78. The monoisotopic (exact) mass is 295 g/mol. The summed E-state index contributed by atoms with van der Waals surface area (Å²) in [7, 11) is -3.88. The van der Waals surface area contributed by atoms with Crippen molar-refractivity contribution >= 4 is 21.6 Å². The molecule has 0 aliphatic rings. The first-order chi connectivity index (χ1) is 7.58. The van der Waals surface area contributed by atoms with Gasteiger partial charge in [-0.25, -0.2) is 8.42 Å². The second-order valence-corrected chi connectivity index (χ2v) is 6.63. The molecule has 0 bridgehead atoms. The van der Waals surface area contributed by atoms with Gasteiger partial charge in [0.05, 0.1) is 5.75 Å². The van der Waals surface area contributed by atoms with Crippen molar-refractivity contribution in [1.82, 2.24) is 4.31 Å². The number of hydrogen-bond acceptors (Lipinski definition) is 2. The fourth-order valence-electron chi connectivity index (χ4n) is 1.25. The molecule has 0 saturated carbocycles. The molecule has 0 fully saturated rings. The van der Waals surface area contributed by atoms with Crippen LogP contribution in [0.5, 0.6) is 0 Å². The van der Waals surface area contributed by atoms with Gasteiger partial charge >= 0.3 is 6.18 Å². The number of rotatable bonds is 7. The standard InChI is InChI=1S/C9H17ClF3NO2S/c1-8(2)6-14(7-9(11,12)13)17(15,16)5-3-4-10/h8H,3-7H2,1-2H3. The molecule has 0 spiro atoms. The summed E-state index contributed by atoms with van der Waals surface area (Å²) in [5.41, 5.74) is 0. The highest BCUT2D eigenvalue weighted by atomic mass is 35.5. The van der Waals surface area contributed by atoms with Crippen molar-refractivity contribution < 1.29 is 21.6 Å². The second kappa shape index (κ2) is 6.80. The fourth-order valence-corrected chi connectivity index (χ4v) is 3.18. The van der Waals surface area contributed by atoms with Crippen LogP contribution >= 0.6 is 11.6 Å². The largest absolute Gasteiger partial charge is 0.402 e. The molecule has 0 saturated heterocycles. The van der Waals surface area contributed by atoms with Gasteiger partial charge in [-0.2, -0.15) is 17.5 Å². The summed E-state index contributed by atoms with van der Waals surface area (Å²) in [5, 5.41) is 0. The first kappa shape index (κ1) is 17.0. The molecule has 0 N–H and O–H groups in total. The summed E-state index contributed by atoms with van der Waals surface area (Å²) >= 11 is 5.35. The summed E-state index contributed by atoms with van der Waals surface area (Å²) in [4.78, 5) is 0. The number of sulfonamides is 1. The lowest BCUT2D eigenvalue weighted by Crippen LogP contribution is -2.42. The van der Waals surface area contributed by atoms with Gasteiger partial charge in [-0.1, -0.05) is 13.8 Å². The van der Waals surface area contributed by atoms with Crippen molar-refractivity contribution in [2.45, 2.75) is 26.4 Å². The van der Waals surface area contributed by atoms with Gasteiger partial charge in [0.15, 0.2) is 0 Å². The van der Waals surface area contributed by atoms with Crippen molar-refractivity contribution in [3.63, 3.8) is 0 Å². The van der Waals surface area contributed by atoms with Crippen molar-refractivity contribution in [2.24, 2.45) is 5.92 Å². The topological polar surface area (TPSA) is 37.4 Å². The molecule has 0 heterocycles. The van der Waals surface area contributed by atoms with Gasteiger partial charge in [0.1, 0.15) is 6.54 Å². The lowest BCUT2D eigenvalue weighted by Gasteiger charge is -2.24. The second-order valence-electron chi connectivity index (χ2n) is 4.16. The average molecular weight is 296 g/mol. The molecule has 17 heavy (non-hydrogen) atoms. The van der Waals surface area contributed by atoms with E-state index in [0.29, 0.717) is 4.31 Å². The van der Waals surface area contributed by atoms with Gasteiger partial charge in [-0.05, 0) is 12.3 Å². The van der Waals surface area contributed by atoms with Crippen LogP contribution < -0.4 is 0 Å². The molecule has 0 aliphatic carbocycles. The molecule has 0 amide bonds. The van der Waals surface area contributed by atoms with Crippen LogP contribution in [0.4, 0.5) is 13.2 Å². The van der Waals surface area contributed by atoms with Gasteiger partial charge in [-0.3, -0.25) is 0 Å². The molecular weight excluding hydrogens is 279 g/mol. The third-order valence-corrected chi connectivity index (χ3v) is 3.99. The minimum atomic E-state index is -4.52. The van der Waals surface area contributed by atoms with Gasteiger partial charge in [0, 0.05) is 12.4 Å². The van der Waals surface area contributed by atoms with Gasteiger partial charge in [0.2, 0.25) is 10.0 Å². The number of nitrogens with zero attached hydrogens (tertiary/aromatic N) is 1. The summed E-state index contributed by atoms with van der Waals surface area (Å²) in [5.74, 6) is -0.400. The Bertz CT molecular complexity index is 317. The fraction of sp³-hybridized carbons (Fsp3) is 1.00. The molecule has 0 rings (SSSR count). The van der Waals surface area contributed by atoms with E-state index in [1.807, 2.05) is 0 Å². The van der Waals surface area contributed by atoms with E-state index in [1.54, 1.807) is 13.8 Å². The highest BCUT2D eigenvalue weighted by Gasteiger charge is 2.36. The summed E-state index contributed by atoms with van der Waals surface area (Å²) < 4.78 is 60.7. The minimum absolute atomic E-state index is 0.112. The first-order valence-corrected chi connectivity index (χ1v) is 7.33. The molecule has 8 heteroatoms. The maximum atomic E-state index is 12.3. The van der Waals surface area contributed by atoms with E-state index in [2.05, 4.69) is 0 Å². The predicted octanol–water partition coefficient (Wildman–Crippen LogP) is 2.47. The van der Waals surface area contributed by atoms with Crippen LogP contribution in [0.25, 0.3) is 0 Å². The average Bonchev–Trinajstić information content (AvgIpc) is 2.11. The Morgan fingerprint density at radius 1 is 1.29 bits per heavy atom. The Kier molecular flexibility index (Phi) is 6.79. The lowest BCUT2D eigenvalue weighted by atomic mass is 10.2. The molecule has 0 atom stereocenters. The zero-order chi connectivity index (χ0) is 13.7. The third-order valence-electron chi connectivity index (χ3n) is 1.85. The SMILES string of the molecule is CC(C)CN(CC(F)(F)F)S(=O)(=O)CCCCl. The van der Waals surface area contributed by atoms with E-state index in [4.69, 9.17) is 11.6 Å². The summed E-state index contributed by atoms with van der Waals surface area (Å²) in [6, 6.07) is 0. The zero-order valence-corrected chi connectivity index (χ0v) is 11.4. The van der Waals surface area contributed by atoms with Crippen LogP contribution in [0.1, 0.15) is 20.3 Å².